The lowest BCUT2D eigenvalue weighted by atomic mass is 10.0. The van der Waals surface area contributed by atoms with Crippen LogP contribution in [0.3, 0.4) is 0 Å². The molecule has 0 N–H and O–H groups in total. The fourth-order valence-corrected chi connectivity index (χ4v) is 2.28. The van der Waals surface area contributed by atoms with Gasteiger partial charge in [0.1, 0.15) is 12.2 Å². The SMILES string of the molecule is CC(C)(C)OC(=O)N1CCCCC1COc1cnccn1. The monoisotopic (exact) mass is 293 g/mol. The van der Waals surface area contributed by atoms with Gasteiger partial charge in [-0.3, -0.25) is 4.98 Å². The molecule has 1 saturated heterocycles. The fraction of sp³-hybridized carbons (Fsp3) is 0.667. The summed E-state index contributed by atoms with van der Waals surface area (Å²) in [4.78, 5) is 22.1. The summed E-state index contributed by atoms with van der Waals surface area (Å²) < 4.78 is 11.1. The number of nitrogens with zero attached hydrogens (tertiary/aromatic N) is 3. The molecule has 1 aliphatic rings. The van der Waals surface area contributed by atoms with Gasteiger partial charge < -0.3 is 14.4 Å². The predicted molar refractivity (Wildman–Crippen MR) is 78.1 cm³/mol. The number of carbonyl (C=O) groups excluding carboxylic acids is 1. The molecule has 1 fully saturated rings. The third kappa shape index (κ3) is 4.88. The van der Waals surface area contributed by atoms with Crippen molar-refractivity contribution < 1.29 is 14.3 Å². The molecule has 1 unspecified atom stereocenters. The molecular formula is C15H23N3O3. The van der Waals surface area contributed by atoms with Crippen molar-refractivity contribution in [2.75, 3.05) is 13.2 Å². The largest absolute Gasteiger partial charge is 0.474 e. The van der Waals surface area contributed by atoms with E-state index in [1.54, 1.807) is 23.5 Å². The minimum absolute atomic E-state index is 0.0237. The van der Waals surface area contributed by atoms with Gasteiger partial charge in [-0.2, -0.15) is 0 Å². The summed E-state index contributed by atoms with van der Waals surface area (Å²) in [7, 11) is 0. The highest BCUT2D eigenvalue weighted by Crippen LogP contribution is 2.21. The van der Waals surface area contributed by atoms with Crippen LogP contribution in [-0.4, -0.2) is 45.8 Å². The van der Waals surface area contributed by atoms with Crippen LogP contribution in [-0.2, 0) is 4.74 Å². The summed E-state index contributed by atoms with van der Waals surface area (Å²) in [5, 5.41) is 0. The lowest BCUT2D eigenvalue weighted by molar-refractivity contribution is 0.00333. The van der Waals surface area contributed by atoms with E-state index in [9.17, 15) is 4.79 Å². The Balaban J connectivity index is 1.94. The van der Waals surface area contributed by atoms with Crippen LogP contribution in [0, 0.1) is 0 Å². The molecule has 0 bridgehead atoms. The van der Waals surface area contributed by atoms with Crippen molar-refractivity contribution in [3.8, 4) is 5.88 Å². The summed E-state index contributed by atoms with van der Waals surface area (Å²) in [6.45, 7) is 6.75. The van der Waals surface area contributed by atoms with Crippen molar-refractivity contribution in [3.63, 3.8) is 0 Å². The van der Waals surface area contributed by atoms with Crippen LogP contribution in [0.2, 0.25) is 0 Å². The maximum atomic E-state index is 12.3. The van der Waals surface area contributed by atoms with Gasteiger partial charge in [0.25, 0.3) is 0 Å². The Labute approximate surface area is 125 Å². The number of likely N-dealkylation sites (tertiary alicyclic amines) is 1. The van der Waals surface area contributed by atoms with Gasteiger partial charge in [-0.25, -0.2) is 9.78 Å². The Morgan fingerprint density at radius 2 is 2.19 bits per heavy atom. The molecule has 116 valence electrons. The van der Waals surface area contributed by atoms with Crippen molar-refractivity contribution in [3.05, 3.63) is 18.6 Å². The van der Waals surface area contributed by atoms with Crippen LogP contribution < -0.4 is 4.74 Å². The standard InChI is InChI=1S/C15H23N3O3/c1-15(2,3)21-14(19)18-9-5-4-6-12(18)11-20-13-10-16-7-8-17-13/h7-8,10,12H,4-6,9,11H2,1-3H3. The van der Waals surface area contributed by atoms with Crippen LogP contribution in [0.4, 0.5) is 4.79 Å². The highest BCUT2D eigenvalue weighted by atomic mass is 16.6. The molecule has 0 saturated carbocycles. The van der Waals surface area contributed by atoms with Crippen molar-refractivity contribution in [2.45, 2.75) is 51.7 Å². The molecule has 1 amide bonds. The molecule has 1 atom stereocenters. The van der Waals surface area contributed by atoms with Crippen LogP contribution in [0.15, 0.2) is 18.6 Å². The van der Waals surface area contributed by atoms with Crippen molar-refractivity contribution in [1.82, 2.24) is 14.9 Å². The summed E-state index contributed by atoms with van der Waals surface area (Å²) in [6.07, 6.45) is 7.49. The Morgan fingerprint density at radius 3 is 2.86 bits per heavy atom. The van der Waals surface area contributed by atoms with E-state index in [1.807, 2.05) is 20.8 Å². The first-order valence-corrected chi connectivity index (χ1v) is 7.34. The first-order valence-electron chi connectivity index (χ1n) is 7.34. The zero-order valence-electron chi connectivity index (χ0n) is 12.9. The molecule has 21 heavy (non-hydrogen) atoms. The average Bonchev–Trinajstić information content (AvgIpc) is 2.45. The third-order valence-corrected chi connectivity index (χ3v) is 3.22. The normalized spacial score (nSPS) is 19.2. The maximum Gasteiger partial charge on any atom is 0.410 e. The highest BCUT2D eigenvalue weighted by molar-refractivity contribution is 5.68. The molecule has 6 nitrogen and oxygen atoms in total. The minimum atomic E-state index is -0.481. The van der Waals surface area contributed by atoms with Crippen molar-refractivity contribution in [1.29, 1.82) is 0 Å². The Bertz CT molecular complexity index is 459. The Hall–Kier alpha value is -1.85. The van der Waals surface area contributed by atoms with E-state index >= 15 is 0 Å². The number of carbonyl (C=O) groups is 1. The topological polar surface area (TPSA) is 64.5 Å². The van der Waals surface area contributed by atoms with Crippen LogP contribution in [0.1, 0.15) is 40.0 Å². The van der Waals surface area contributed by atoms with Gasteiger partial charge in [-0.05, 0) is 40.0 Å². The van der Waals surface area contributed by atoms with E-state index in [1.165, 1.54) is 0 Å². The third-order valence-electron chi connectivity index (χ3n) is 3.22. The van der Waals surface area contributed by atoms with Gasteiger partial charge in [-0.15, -0.1) is 0 Å². The maximum absolute atomic E-state index is 12.3. The van der Waals surface area contributed by atoms with Crippen LogP contribution in [0.25, 0.3) is 0 Å². The van der Waals surface area contributed by atoms with E-state index in [2.05, 4.69) is 9.97 Å². The lowest BCUT2D eigenvalue weighted by Gasteiger charge is -2.36. The first kappa shape index (κ1) is 15.5. The predicted octanol–water partition coefficient (Wildman–Crippen LogP) is 2.65. The van der Waals surface area contributed by atoms with Gasteiger partial charge >= 0.3 is 6.09 Å². The van der Waals surface area contributed by atoms with E-state index in [4.69, 9.17) is 9.47 Å². The number of aromatic nitrogens is 2. The van der Waals surface area contributed by atoms with Gasteiger partial charge in [0.2, 0.25) is 5.88 Å². The summed E-state index contributed by atoms with van der Waals surface area (Å²) in [5.41, 5.74) is -0.481. The number of amides is 1. The summed E-state index contributed by atoms with van der Waals surface area (Å²) >= 11 is 0. The number of hydrogen-bond donors (Lipinski definition) is 0. The molecule has 0 aliphatic carbocycles. The Morgan fingerprint density at radius 1 is 1.38 bits per heavy atom. The van der Waals surface area contributed by atoms with Crippen molar-refractivity contribution in [2.24, 2.45) is 0 Å². The average molecular weight is 293 g/mol. The quantitative estimate of drug-likeness (QED) is 0.857. The van der Waals surface area contributed by atoms with Gasteiger partial charge in [0.15, 0.2) is 0 Å². The number of piperidine rings is 1. The second kappa shape index (κ2) is 6.74. The van der Waals surface area contributed by atoms with Crippen LogP contribution in [0.5, 0.6) is 5.88 Å². The zero-order valence-corrected chi connectivity index (χ0v) is 12.9. The Kier molecular flexibility index (Phi) is 4.98. The van der Waals surface area contributed by atoms with Gasteiger partial charge in [-0.1, -0.05) is 0 Å². The smallest absolute Gasteiger partial charge is 0.410 e. The second-order valence-electron chi connectivity index (χ2n) is 6.18. The molecular weight excluding hydrogens is 270 g/mol. The van der Waals surface area contributed by atoms with Gasteiger partial charge in [0.05, 0.1) is 12.2 Å². The molecule has 6 heteroatoms. The summed E-state index contributed by atoms with van der Waals surface area (Å²) in [6, 6.07) is 0.0237. The van der Waals surface area contributed by atoms with E-state index < -0.39 is 5.60 Å². The zero-order chi connectivity index (χ0) is 15.3. The lowest BCUT2D eigenvalue weighted by Crippen LogP contribution is -2.48. The van der Waals surface area contributed by atoms with E-state index in [-0.39, 0.29) is 12.1 Å². The molecule has 0 spiro atoms. The van der Waals surface area contributed by atoms with Crippen LogP contribution >= 0.6 is 0 Å². The van der Waals surface area contributed by atoms with Gasteiger partial charge in [0, 0.05) is 18.9 Å². The second-order valence-corrected chi connectivity index (χ2v) is 6.18. The fourth-order valence-electron chi connectivity index (χ4n) is 2.28. The first-order chi connectivity index (χ1) is 9.96. The van der Waals surface area contributed by atoms with E-state index in [0.717, 1.165) is 19.3 Å². The molecule has 1 aromatic heterocycles. The highest BCUT2D eigenvalue weighted by Gasteiger charge is 2.30. The molecule has 0 aromatic carbocycles. The number of rotatable bonds is 3. The molecule has 2 rings (SSSR count). The molecule has 2 heterocycles. The van der Waals surface area contributed by atoms with Crippen molar-refractivity contribution >= 4 is 6.09 Å². The molecule has 1 aliphatic heterocycles. The number of hydrogen-bond acceptors (Lipinski definition) is 5. The minimum Gasteiger partial charge on any atom is -0.474 e. The summed E-state index contributed by atoms with van der Waals surface area (Å²) in [5.74, 6) is 0.479. The molecule has 0 radical (unpaired) electrons. The number of ether oxygens (including phenoxy) is 2. The molecule has 1 aromatic rings. The van der Waals surface area contributed by atoms with E-state index in [0.29, 0.717) is 19.0 Å².